The molecule has 0 fully saturated rings. The highest BCUT2D eigenvalue weighted by Crippen LogP contribution is 1.98. The van der Waals surface area contributed by atoms with E-state index in [1.165, 1.54) is 16.9 Å². The van der Waals surface area contributed by atoms with Crippen molar-refractivity contribution in [2.75, 3.05) is 20.6 Å². The van der Waals surface area contributed by atoms with Gasteiger partial charge in [-0.05, 0) is 20.2 Å². The predicted molar refractivity (Wildman–Crippen MR) is 55.0 cm³/mol. The van der Waals surface area contributed by atoms with Gasteiger partial charge in [0.2, 0.25) is 0 Å². The summed E-state index contributed by atoms with van der Waals surface area (Å²) in [5.74, 6) is -0.934. The maximum atomic E-state index is 10.7. The summed E-state index contributed by atoms with van der Waals surface area (Å²) in [7, 11) is 3.87. The zero-order valence-corrected chi connectivity index (χ0v) is 8.99. The van der Waals surface area contributed by atoms with Gasteiger partial charge in [-0.3, -0.25) is 4.68 Å². The largest absolute Gasteiger partial charge is 0.477 e. The molecule has 0 atom stereocenters. The fourth-order valence-electron chi connectivity index (χ4n) is 0.987. The third-order valence-corrected chi connectivity index (χ3v) is 1.69. The van der Waals surface area contributed by atoms with Crippen LogP contribution in [0.1, 0.15) is 10.5 Å². The summed E-state index contributed by atoms with van der Waals surface area (Å²) >= 11 is 0. The fraction of sp³-hybridized carbons (Fsp3) is 0.500. The van der Waals surface area contributed by atoms with Crippen LogP contribution in [0.15, 0.2) is 12.3 Å². The second-order valence-corrected chi connectivity index (χ2v) is 3.05. The van der Waals surface area contributed by atoms with Crippen molar-refractivity contribution in [1.82, 2.24) is 14.7 Å². The van der Waals surface area contributed by atoms with Crippen LogP contribution in [-0.4, -0.2) is 46.4 Å². The molecule has 1 heterocycles. The molecule has 0 saturated heterocycles. The molecule has 0 unspecified atom stereocenters. The highest BCUT2D eigenvalue weighted by Gasteiger charge is 2.09. The van der Waals surface area contributed by atoms with Crippen molar-refractivity contribution in [1.29, 1.82) is 0 Å². The average molecular weight is 220 g/mol. The Bertz CT molecular complexity index is 299. The molecule has 1 aromatic rings. The quantitative estimate of drug-likeness (QED) is 0.804. The van der Waals surface area contributed by atoms with Crippen LogP contribution in [0.2, 0.25) is 0 Å². The van der Waals surface area contributed by atoms with Crippen LogP contribution in [0.5, 0.6) is 0 Å². The van der Waals surface area contributed by atoms with Gasteiger partial charge < -0.3 is 10.0 Å². The minimum absolute atomic E-state index is 0. The van der Waals surface area contributed by atoms with Crippen molar-refractivity contribution in [3.8, 4) is 0 Å². The molecule has 0 amide bonds. The molecule has 0 bridgehead atoms. The minimum Gasteiger partial charge on any atom is -0.477 e. The van der Waals surface area contributed by atoms with Gasteiger partial charge in [0.05, 0.1) is 6.54 Å². The van der Waals surface area contributed by atoms with Crippen LogP contribution in [-0.2, 0) is 6.54 Å². The number of halogens is 1. The molecular formula is C8H14ClN3O2. The van der Waals surface area contributed by atoms with Gasteiger partial charge in [0, 0.05) is 12.7 Å². The predicted octanol–water partition coefficient (Wildman–Crippen LogP) is 0.565. The lowest BCUT2D eigenvalue weighted by molar-refractivity contribution is 0.0682. The Morgan fingerprint density at radius 3 is 2.79 bits per heavy atom. The monoisotopic (exact) mass is 219 g/mol. The summed E-state index contributed by atoms with van der Waals surface area (Å²) in [6.45, 7) is 1.38. The number of hydrogen-bond donors (Lipinski definition) is 1. The molecule has 1 aromatic heterocycles. The Kier molecular flexibility index (Phi) is 5.19. The third kappa shape index (κ3) is 3.35. The summed E-state index contributed by atoms with van der Waals surface area (Å²) < 4.78 is 1.49. The van der Waals surface area contributed by atoms with Crippen molar-refractivity contribution in [3.63, 3.8) is 0 Å². The van der Waals surface area contributed by atoms with E-state index < -0.39 is 5.97 Å². The maximum absolute atomic E-state index is 10.7. The fourth-order valence-corrected chi connectivity index (χ4v) is 0.987. The van der Waals surface area contributed by atoms with E-state index in [-0.39, 0.29) is 18.1 Å². The second-order valence-electron chi connectivity index (χ2n) is 3.05. The average Bonchev–Trinajstić information content (AvgIpc) is 2.47. The van der Waals surface area contributed by atoms with E-state index >= 15 is 0 Å². The van der Waals surface area contributed by atoms with Gasteiger partial charge in [-0.1, -0.05) is 0 Å². The number of hydrogen-bond acceptors (Lipinski definition) is 3. The van der Waals surface area contributed by atoms with E-state index in [1.54, 1.807) is 0 Å². The van der Waals surface area contributed by atoms with Crippen LogP contribution < -0.4 is 0 Å². The topological polar surface area (TPSA) is 58.4 Å². The first-order valence-corrected chi connectivity index (χ1v) is 4.01. The van der Waals surface area contributed by atoms with E-state index in [9.17, 15) is 4.79 Å². The first-order chi connectivity index (χ1) is 6.11. The molecule has 0 aromatic carbocycles. The normalized spacial score (nSPS) is 9.93. The molecule has 14 heavy (non-hydrogen) atoms. The maximum Gasteiger partial charge on any atom is 0.354 e. The minimum atomic E-state index is -0.934. The molecule has 1 N–H and O–H groups in total. The third-order valence-electron chi connectivity index (χ3n) is 1.69. The van der Waals surface area contributed by atoms with E-state index in [4.69, 9.17) is 5.11 Å². The SMILES string of the molecule is CN(C)CCn1nccc1C(=O)O.Cl. The Hall–Kier alpha value is -1.07. The first-order valence-electron chi connectivity index (χ1n) is 4.01. The molecule has 6 heteroatoms. The number of carboxylic acid groups (broad SMARTS) is 1. The van der Waals surface area contributed by atoms with E-state index in [1.807, 2.05) is 19.0 Å². The standard InChI is InChI=1S/C8H13N3O2.ClH/c1-10(2)5-6-11-7(8(12)13)3-4-9-11;/h3-4H,5-6H2,1-2H3,(H,12,13);1H. The van der Waals surface area contributed by atoms with Gasteiger partial charge >= 0.3 is 5.97 Å². The van der Waals surface area contributed by atoms with Crippen molar-refractivity contribution in [2.45, 2.75) is 6.54 Å². The zero-order valence-electron chi connectivity index (χ0n) is 8.17. The summed E-state index contributed by atoms with van der Waals surface area (Å²) in [6, 6.07) is 1.50. The molecule has 0 saturated carbocycles. The lowest BCUT2D eigenvalue weighted by atomic mass is 10.4. The van der Waals surface area contributed by atoms with E-state index in [2.05, 4.69) is 5.10 Å². The summed E-state index contributed by atoms with van der Waals surface area (Å²) in [5.41, 5.74) is 0.238. The Labute approximate surface area is 88.7 Å². The number of aromatic carboxylic acids is 1. The van der Waals surface area contributed by atoms with Crippen LogP contribution >= 0.6 is 12.4 Å². The molecular weight excluding hydrogens is 206 g/mol. The van der Waals surface area contributed by atoms with Crippen molar-refractivity contribution in [3.05, 3.63) is 18.0 Å². The Balaban J connectivity index is 0.00000169. The van der Waals surface area contributed by atoms with Gasteiger partial charge in [0.15, 0.2) is 0 Å². The van der Waals surface area contributed by atoms with Crippen LogP contribution in [0.3, 0.4) is 0 Å². The van der Waals surface area contributed by atoms with Gasteiger partial charge in [-0.2, -0.15) is 5.10 Å². The summed E-state index contributed by atoms with van der Waals surface area (Å²) in [6.07, 6.45) is 1.50. The number of likely N-dealkylation sites (N-methyl/N-ethyl adjacent to an activating group) is 1. The molecule has 0 aliphatic carbocycles. The number of nitrogens with zero attached hydrogens (tertiary/aromatic N) is 3. The van der Waals surface area contributed by atoms with Crippen LogP contribution in [0, 0.1) is 0 Å². The number of aromatic nitrogens is 2. The molecule has 0 aliphatic heterocycles. The molecule has 0 aliphatic rings. The second kappa shape index (κ2) is 5.62. The molecule has 0 radical (unpaired) electrons. The van der Waals surface area contributed by atoms with E-state index in [0.29, 0.717) is 6.54 Å². The van der Waals surface area contributed by atoms with Gasteiger partial charge in [-0.25, -0.2) is 4.79 Å². The highest BCUT2D eigenvalue weighted by atomic mass is 35.5. The van der Waals surface area contributed by atoms with Gasteiger partial charge in [-0.15, -0.1) is 12.4 Å². The lowest BCUT2D eigenvalue weighted by Crippen LogP contribution is -2.21. The highest BCUT2D eigenvalue weighted by molar-refractivity contribution is 5.85. The van der Waals surface area contributed by atoms with Crippen molar-refractivity contribution < 1.29 is 9.90 Å². The van der Waals surface area contributed by atoms with Gasteiger partial charge in [0.25, 0.3) is 0 Å². The number of rotatable bonds is 4. The Morgan fingerprint density at radius 2 is 2.29 bits per heavy atom. The molecule has 80 valence electrons. The van der Waals surface area contributed by atoms with Crippen molar-refractivity contribution >= 4 is 18.4 Å². The van der Waals surface area contributed by atoms with E-state index in [0.717, 1.165) is 6.54 Å². The number of carboxylic acids is 1. The zero-order chi connectivity index (χ0) is 9.84. The summed E-state index contributed by atoms with van der Waals surface area (Å²) in [5, 5.41) is 12.7. The molecule has 0 spiro atoms. The molecule has 1 rings (SSSR count). The van der Waals surface area contributed by atoms with Gasteiger partial charge in [0.1, 0.15) is 5.69 Å². The smallest absolute Gasteiger partial charge is 0.354 e. The van der Waals surface area contributed by atoms with Crippen molar-refractivity contribution in [2.24, 2.45) is 0 Å². The molecule has 5 nitrogen and oxygen atoms in total. The van der Waals surface area contributed by atoms with Crippen LogP contribution in [0.25, 0.3) is 0 Å². The lowest BCUT2D eigenvalue weighted by Gasteiger charge is -2.09. The summed E-state index contributed by atoms with van der Waals surface area (Å²) in [4.78, 5) is 12.6. The number of carbonyl (C=O) groups is 1. The van der Waals surface area contributed by atoms with Crippen LogP contribution in [0.4, 0.5) is 0 Å². The first kappa shape index (κ1) is 12.9. The Morgan fingerprint density at radius 1 is 1.64 bits per heavy atom.